The van der Waals surface area contributed by atoms with Gasteiger partial charge in [0.25, 0.3) is 5.91 Å². The van der Waals surface area contributed by atoms with E-state index in [4.69, 9.17) is 5.73 Å². The molecule has 2 heterocycles. The summed E-state index contributed by atoms with van der Waals surface area (Å²) < 4.78 is 0. The van der Waals surface area contributed by atoms with E-state index in [2.05, 4.69) is 25.9 Å². The van der Waals surface area contributed by atoms with Crippen LogP contribution in [0.4, 0.5) is 23.1 Å². The van der Waals surface area contributed by atoms with Crippen LogP contribution >= 0.6 is 0 Å². The van der Waals surface area contributed by atoms with E-state index >= 15 is 0 Å². The number of nitrogens with zero attached hydrogens (tertiary/aromatic N) is 2. The summed E-state index contributed by atoms with van der Waals surface area (Å²) in [6.07, 6.45) is 0.686. The number of carbonyl (C=O) groups is 1. The van der Waals surface area contributed by atoms with Gasteiger partial charge >= 0.3 is 0 Å². The topological polar surface area (TPSA) is 105 Å². The van der Waals surface area contributed by atoms with Gasteiger partial charge in [-0.25, -0.2) is 4.98 Å². The van der Waals surface area contributed by atoms with Crippen LogP contribution < -0.4 is 21.7 Å². The van der Waals surface area contributed by atoms with Gasteiger partial charge in [-0.05, 0) is 24.1 Å². The van der Waals surface area contributed by atoms with Crippen LogP contribution in [0.5, 0.6) is 0 Å². The van der Waals surface area contributed by atoms with Gasteiger partial charge < -0.3 is 21.7 Å². The van der Waals surface area contributed by atoms with Gasteiger partial charge in [-0.1, -0.05) is 42.5 Å². The Hall–Kier alpha value is -3.61. The average molecular weight is 360 g/mol. The predicted octanol–water partition coefficient (Wildman–Crippen LogP) is 2.70. The van der Waals surface area contributed by atoms with Crippen LogP contribution in [-0.4, -0.2) is 22.4 Å². The van der Waals surface area contributed by atoms with Gasteiger partial charge in [-0.3, -0.25) is 4.79 Å². The molecule has 0 saturated heterocycles. The molecule has 4 rings (SSSR count). The number of nitrogens with one attached hydrogen (secondary N) is 3. The molecule has 0 fully saturated rings. The van der Waals surface area contributed by atoms with E-state index in [0.717, 1.165) is 11.1 Å². The molecule has 27 heavy (non-hydrogen) atoms. The fourth-order valence-corrected chi connectivity index (χ4v) is 3.01. The molecular weight excluding hydrogens is 340 g/mol. The molecule has 0 bridgehead atoms. The van der Waals surface area contributed by atoms with Crippen molar-refractivity contribution >= 4 is 29.0 Å². The number of anilines is 4. The van der Waals surface area contributed by atoms with E-state index in [9.17, 15) is 4.79 Å². The van der Waals surface area contributed by atoms with Crippen LogP contribution in [-0.2, 0) is 13.0 Å². The van der Waals surface area contributed by atoms with Crippen molar-refractivity contribution in [2.45, 2.75) is 13.0 Å². The molecule has 1 aliphatic rings. The second-order valence-electron chi connectivity index (χ2n) is 6.28. The molecular formula is C20H20N6O. The molecule has 0 saturated carbocycles. The van der Waals surface area contributed by atoms with Crippen molar-refractivity contribution in [3.8, 4) is 0 Å². The first-order valence-electron chi connectivity index (χ1n) is 8.79. The first-order valence-corrected chi connectivity index (χ1v) is 8.79. The molecule has 2 aromatic carbocycles. The molecule has 3 aromatic rings. The molecule has 1 aliphatic heterocycles. The molecule has 0 unspecified atom stereocenters. The predicted molar refractivity (Wildman–Crippen MR) is 106 cm³/mol. The fourth-order valence-electron chi connectivity index (χ4n) is 3.01. The fraction of sp³-hybridized carbons (Fsp3) is 0.150. The number of hydrogen-bond acceptors (Lipinski definition) is 6. The van der Waals surface area contributed by atoms with Gasteiger partial charge in [-0.2, -0.15) is 4.98 Å². The monoisotopic (exact) mass is 360 g/mol. The molecule has 1 aromatic heterocycles. The van der Waals surface area contributed by atoms with Crippen molar-refractivity contribution in [2.24, 2.45) is 0 Å². The van der Waals surface area contributed by atoms with Gasteiger partial charge in [-0.15, -0.1) is 0 Å². The van der Waals surface area contributed by atoms with E-state index < -0.39 is 0 Å². The minimum atomic E-state index is -0.189. The number of fused-ring (bicyclic) bond motifs is 1. The third kappa shape index (κ3) is 3.67. The summed E-state index contributed by atoms with van der Waals surface area (Å²) in [5.74, 6) is 0.806. The van der Waals surface area contributed by atoms with Crippen molar-refractivity contribution < 1.29 is 4.79 Å². The lowest BCUT2D eigenvalue weighted by atomic mass is 10.1. The van der Waals surface area contributed by atoms with Crippen LogP contribution in [0, 0.1) is 0 Å². The molecule has 5 N–H and O–H groups in total. The summed E-state index contributed by atoms with van der Waals surface area (Å²) in [6.45, 7) is 1.19. The lowest BCUT2D eigenvalue weighted by molar-refractivity contribution is 0.0940. The molecule has 0 aliphatic carbocycles. The number of hydrogen-bond donors (Lipinski definition) is 4. The highest BCUT2D eigenvalue weighted by Crippen LogP contribution is 2.26. The van der Waals surface area contributed by atoms with Crippen LogP contribution in [0.3, 0.4) is 0 Å². The number of carbonyl (C=O) groups excluding carboxylic acids is 1. The van der Waals surface area contributed by atoms with Gasteiger partial charge in [0.1, 0.15) is 11.5 Å². The molecule has 0 spiro atoms. The van der Waals surface area contributed by atoms with E-state index in [0.29, 0.717) is 48.3 Å². The smallest absolute Gasteiger partial charge is 0.270 e. The standard InChI is InChI=1S/C20H20N6O/c21-15-8-4-5-9-16(15)24-20-25-17-14(10-11-22-19(17)27)18(26-20)23-12-13-6-2-1-3-7-13/h1-9H,10-12,21H2,(H,22,27)(H2,23,24,25,26). The minimum Gasteiger partial charge on any atom is -0.397 e. The molecule has 7 heteroatoms. The Morgan fingerprint density at radius 2 is 1.81 bits per heavy atom. The molecule has 0 radical (unpaired) electrons. The lowest BCUT2D eigenvalue weighted by Crippen LogP contribution is -2.34. The molecule has 1 amide bonds. The van der Waals surface area contributed by atoms with E-state index in [1.807, 2.05) is 48.5 Å². The number of aromatic nitrogens is 2. The summed E-state index contributed by atoms with van der Waals surface area (Å²) in [5, 5.41) is 9.29. The quantitative estimate of drug-likeness (QED) is 0.522. The normalized spacial score (nSPS) is 12.8. The van der Waals surface area contributed by atoms with Gasteiger partial charge in [0.15, 0.2) is 0 Å². The van der Waals surface area contributed by atoms with Crippen molar-refractivity contribution in [1.29, 1.82) is 0 Å². The summed E-state index contributed by atoms with van der Waals surface area (Å²) in [5.41, 5.74) is 9.63. The zero-order valence-electron chi connectivity index (χ0n) is 14.7. The highest BCUT2D eigenvalue weighted by molar-refractivity contribution is 5.96. The largest absolute Gasteiger partial charge is 0.397 e. The Balaban J connectivity index is 1.67. The highest BCUT2D eigenvalue weighted by Gasteiger charge is 2.23. The third-order valence-electron chi connectivity index (χ3n) is 4.39. The Kier molecular flexibility index (Phi) is 4.57. The van der Waals surface area contributed by atoms with Crippen molar-refractivity contribution in [3.05, 3.63) is 71.4 Å². The van der Waals surface area contributed by atoms with E-state index in [-0.39, 0.29) is 5.91 Å². The average Bonchev–Trinajstić information content (AvgIpc) is 2.69. The number of nitrogens with two attached hydrogens (primary N) is 1. The van der Waals surface area contributed by atoms with Crippen LogP contribution in [0.25, 0.3) is 0 Å². The number of amides is 1. The maximum Gasteiger partial charge on any atom is 0.270 e. The van der Waals surface area contributed by atoms with Crippen LogP contribution in [0.15, 0.2) is 54.6 Å². The van der Waals surface area contributed by atoms with Crippen molar-refractivity contribution in [2.75, 3.05) is 22.9 Å². The first-order chi connectivity index (χ1) is 13.2. The number of benzene rings is 2. The van der Waals surface area contributed by atoms with Crippen LogP contribution in [0.2, 0.25) is 0 Å². The second kappa shape index (κ2) is 7.33. The Labute approximate surface area is 157 Å². The zero-order valence-corrected chi connectivity index (χ0v) is 14.7. The van der Waals surface area contributed by atoms with Crippen LogP contribution in [0.1, 0.15) is 21.6 Å². The Bertz CT molecular complexity index is 973. The maximum atomic E-state index is 12.3. The first kappa shape index (κ1) is 16.8. The van der Waals surface area contributed by atoms with E-state index in [1.54, 1.807) is 6.07 Å². The van der Waals surface area contributed by atoms with Gasteiger partial charge in [0, 0.05) is 18.7 Å². The van der Waals surface area contributed by atoms with Crippen molar-refractivity contribution in [1.82, 2.24) is 15.3 Å². The third-order valence-corrected chi connectivity index (χ3v) is 4.39. The number of nitrogen functional groups attached to an aromatic ring is 1. The maximum absolute atomic E-state index is 12.3. The zero-order chi connectivity index (χ0) is 18.6. The summed E-state index contributed by atoms with van der Waals surface area (Å²) in [7, 11) is 0. The van der Waals surface area contributed by atoms with Crippen molar-refractivity contribution in [3.63, 3.8) is 0 Å². The van der Waals surface area contributed by atoms with E-state index in [1.165, 1.54) is 0 Å². The summed E-state index contributed by atoms with van der Waals surface area (Å²) >= 11 is 0. The highest BCUT2D eigenvalue weighted by atomic mass is 16.1. The summed E-state index contributed by atoms with van der Waals surface area (Å²) in [6, 6.07) is 17.4. The number of para-hydroxylation sites is 2. The lowest BCUT2D eigenvalue weighted by Gasteiger charge is -2.20. The molecule has 0 atom stereocenters. The van der Waals surface area contributed by atoms with Gasteiger partial charge in [0.05, 0.1) is 11.4 Å². The minimum absolute atomic E-state index is 0.189. The SMILES string of the molecule is Nc1ccccc1Nc1nc(NCc2ccccc2)c2c(n1)C(=O)NCC2. The second-order valence-corrected chi connectivity index (χ2v) is 6.28. The van der Waals surface area contributed by atoms with Gasteiger partial charge in [0.2, 0.25) is 5.95 Å². The molecule has 136 valence electrons. The Morgan fingerprint density at radius 1 is 1.04 bits per heavy atom. The summed E-state index contributed by atoms with van der Waals surface area (Å²) in [4.78, 5) is 21.3. The number of rotatable bonds is 5. The molecule has 7 nitrogen and oxygen atoms in total. The Morgan fingerprint density at radius 3 is 2.63 bits per heavy atom.